The lowest BCUT2D eigenvalue weighted by Gasteiger charge is -2.08. The number of nitrogens with zero attached hydrogens (tertiary/aromatic N) is 1. The summed E-state index contributed by atoms with van der Waals surface area (Å²) in [6, 6.07) is 13.0. The van der Waals surface area contributed by atoms with Gasteiger partial charge in [0.2, 0.25) is 0 Å². The van der Waals surface area contributed by atoms with Crippen LogP contribution in [0.5, 0.6) is 5.75 Å². The minimum absolute atomic E-state index is 0.0811. The van der Waals surface area contributed by atoms with Crippen LogP contribution >= 0.6 is 11.6 Å². The fourth-order valence-electron chi connectivity index (χ4n) is 1.77. The Labute approximate surface area is 134 Å². The van der Waals surface area contributed by atoms with E-state index in [0.717, 1.165) is 16.7 Å². The van der Waals surface area contributed by atoms with E-state index in [2.05, 4.69) is 10.5 Å². The Kier molecular flexibility index (Phi) is 5.55. The molecular formula is C17H17ClN2O2. The van der Waals surface area contributed by atoms with Crippen LogP contribution in [0.3, 0.4) is 0 Å². The minimum Gasteiger partial charge on any atom is -0.483 e. The molecule has 2 aromatic rings. The number of hydrogen-bond acceptors (Lipinski definition) is 3. The van der Waals surface area contributed by atoms with E-state index in [1.807, 2.05) is 44.2 Å². The first kappa shape index (κ1) is 16.0. The average molecular weight is 317 g/mol. The molecule has 0 aliphatic carbocycles. The number of ether oxygens (including phenoxy) is 1. The maximum absolute atomic E-state index is 11.7. The number of amides is 1. The standard InChI is InChI=1S/C17H17ClN2O2/c1-12-3-4-13(2)16(9-12)22-11-17(21)20-19-10-14-5-7-15(18)8-6-14/h3-10H,11H2,1-2H3,(H,20,21). The van der Waals surface area contributed by atoms with E-state index in [1.165, 1.54) is 0 Å². The fraction of sp³-hybridized carbons (Fsp3) is 0.176. The van der Waals surface area contributed by atoms with Gasteiger partial charge in [0.1, 0.15) is 5.75 Å². The van der Waals surface area contributed by atoms with E-state index >= 15 is 0 Å². The van der Waals surface area contributed by atoms with E-state index in [9.17, 15) is 4.79 Å². The van der Waals surface area contributed by atoms with Crippen LogP contribution in [0.25, 0.3) is 0 Å². The van der Waals surface area contributed by atoms with Crippen LogP contribution in [-0.2, 0) is 4.79 Å². The van der Waals surface area contributed by atoms with Crippen molar-refractivity contribution in [2.45, 2.75) is 13.8 Å². The molecule has 0 heterocycles. The van der Waals surface area contributed by atoms with Crippen molar-refractivity contribution in [2.24, 2.45) is 5.10 Å². The van der Waals surface area contributed by atoms with Gasteiger partial charge in [-0.25, -0.2) is 5.43 Å². The third kappa shape index (κ3) is 4.90. The second-order valence-electron chi connectivity index (χ2n) is 4.90. The molecule has 2 rings (SSSR count). The van der Waals surface area contributed by atoms with Crippen LogP contribution in [0.1, 0.15) is 16.7 Å². The summed E-state index contributed by atoms with van der Waals surface area (Å²) in [7, 11) is 0. The van der Waals surface area contributed by atoms with E-state index in [1.54, 1.807) is 18.3 Å². The molecule has 0 spiro atoms. The number of rotatable bonds is 5. The Morgan fingerprint density at radius 2 is 1.95 bits per heavy atom. The zero-order chi connectivity index (χ0) is 15.9. The molecule has 114 valence electrons. The van der Waals surface area contributed by atoms with Crippen LogP contribution in [0, 0.1) is 13.8 Å². The van der Waals surface area contributed by atoms with E-state index in [-0.39, 0.29) is 12.5 Å². The van der Waals surface area contributed by atoms with Gasteiger partial charge >= 0.3 is 0 Å². The van der Waals surface area contributed by atoms with Crippen LogP contribution in [0.4, 0.5) is 0 Å². The lowest BCUT2D eigenvalue weighted by Crippen LogP contribution is -2.24. The van der Waals surface area contributed by atoms with Gasteiger partial charge in [-0.15, -0.1) is 0 Å². The molecule has 0 saturated heterocycles. The number of carbonyl (C=O) groups is 1. The maximum Gasteiger partial charge on any atom is 0.277 e. The summed E-state index contributed by atoms with van der Waals surface area (Å²) in [6.45, 7) is 3.83. The van der Waals surface area contributed by atoms with E-state index in [4.69, 9.17) is 16.3 Å². The van der Waals surface area contributed by atoms with Crippen molar-refractivity contribution in [3.8, 4) is 5.75 Å². The van der Waals surface area contributed by atoms with Crippen molar-refractivity contribution >= 4 is 23.7 Å². The quantitative estimate of drug-likeness (QED) is 0.678. The second kappa shape index (κ2) is 7.61. The first-order valence-electron chi connectivity index (χ1n) is 6.82. The van der Waals surface area contributed by atoms with Crippen LogP contribution in [-0.4, -0.2) is 18.7 Å². The number of carbonyl (C=O) groups excluding carboxylic acids is 1. The molecule has 1 N–H and O–H groups in total. The Bertz CT molecular complexity index is 682. The van der Waals surface area contributed by atoms with Crippen molar-refractivity contribution in [2.75, 3.05) is 6.61 Å². The highest BCUT2D eigenvalue weighted by Crippen LogP contribution is 2.18. The molecule has 0 bridgehead atoms. The van der Waals surface area contributed by atoms with Gasteiger partial charge in [0.05, 0.1) is 6.21 Å². The lowest BCUT2D eigenvalue weighted by molar-refractivity contribution is -0.123. The molecule has 0 radical (unpaired) electrons. The zero-order valence-electron chi connectivity index (χ0n) is 12.5. The van der Waals surface area contributed by atoms with Crippen LogP contribution < -0.4 is 10.2 Å². The Morgan fingerprint density at radius 1 is 1.23 bits per heavy atom. The van der Waals surface area contributed by atoms with Gasteiger partial charge in [-0.3, -0.25) is 4.79 Å². The maximum atomic E-state index is 11.7. The van der Waals surface area contributed by atoms with Crippen LogP contribution in [0.2, 0.25) is 5.02 Å². The van der Waals surface area contributed by atoms with Gasteiger partial charge < -0.3 is 4.74 Å². The van der Waals surface area contributed by atoms with Crippen LogP contribution in [0.15, 0.2) is 47.6 Å². The summed E-state index contributed by atoms with van der Waals surface area (Å²) in [5, 5.41) is 4.53. The largest absolute Gasteiger partial charge is 0.483 e. The van der Waals surface area contributed by atoms with Crippen molar-refractivity contribution in [1.29, 1.82) is 0 Å². The SMILES string of the molecule is Cc1ccc(C)c(OCC(=O)NN=Cc2ccc(Cl)cc2)c1. The van der Waals surface area contributed by atoms with Gasteiger partial charge in [0.15, 0.2) is 6.61 Å². The van der Waals surface area contributed by atoms with Gasteiger partial charge in [0.25, 0.3) is 5.91 Å². The first-order chi connectivity index (χ1) is 10.5. The van der Waals surface area contributed by atoms with Gasteiger partial charge in [0, 0.05) is 5.02 Å². The molecule has 22 heavy (non-hydrogen) atoms. The second-order valence-corrected chi connectivity index (χ2v) is 5.34. The third-order valence-corrected chi connectivity index (χ3v) is 3.23. The van der Waals surface area contributed by atoms with E-state index < -0.39 is 0 Å². The van der Waals surface area contributed by atoms with Gasteiger partial charge in [-0.2, -0.15) is 5.10 Å². The zero-order valence-corrected chi connectivity index (χ0v) is 13.2. The van der Waals surface area contributed by atoms with Crippen molar-refractivity contribution in [3.63, 3.8) is 0 Å². The highest BCUT2D eigenvalue weighted by molar-refractivity contribution is 6.30. The number of hydrogen-bond donors (Lipinski definition) is 1. The number of nitrogens with one attached hydrogen (secondary N) is 1. The molecule has 0 saturated carbocycles. The predicted octanol–water partition coefficient (Wildman–Crippen LogP) is 3.49. The number of benzene rings is 2. The molecular weight excluding hydrogens is 300 g/mol. The molecule has 5 heteroatoms. The molecule has 1 amide bonds. The number of hydrazone groups is 1. The molecule has 0 unspecified atom stereocenters. The smallest absolute Gasteiger partial charge is 0.277 e. The van der Waals surface area contributed by atoms with E-state index in [0.29, 0.717) is 10.8 Å². The third-order valence-electron chi connectivity index (χ3n) is 2.98. The molecule has 2 aromatic carbocycles. The minimum atomic E-state index is -0.314. The summed E-state index contributed by atoms with van der Waals surface area (Å²) in [5.74, 6) is 0.392. The molecule has 0 aliphatic heterocycles. The highest BCUT2D eigenvalue weighted by atomic mass is 35.5. The number of aryl methyl sites for hydroxylation is 2. The average Bonchev–Trinajstić information content (AvgIpc) is 2.50. The van der Waals surface area contributed by atoms with Gasteiger partial charge in [-0.05, 0) is 48.7 Å². The van der Waals surface area contributed by atoms with Crippen molar-refractivity contribution in [3.05, 3.63) is 64.2 Å². The predicted molar refractivity (Wildman–Crippen MR) is 88.6 cm³/mol. The summed E-state index contributed by atoms with van der Waals surface area (Å²) in [4.78, 5) is 11.7. The summed E-state index contributed by atoms with van der Waals surface area (Å²) < 4.78 is 5.49. The molecule has 0 fully saturated rings. The van der Waals surface area contributed by atoms with Crippen molar-refractivity contribution < 1.29 is 9.53 Å². The normalized spacial score (nSPS) is 10.7. The van der Waals surface area contributed by atoms with Crippen molar-refractivity contribution in [1.82, 2.24) is 5.43 Å². The highest BCUT2D eigenvalue weighted by Gasteiger charge is 2.04. The lowest BCUT2D eigenvalue weighted by atomic mass is 10.1. The Morgan fingerprint density at radius 3 is 2.68 bits per heavy atom. The Balaban J connectivity index is 1.83. The summed E-state index contributed by atoms with van der Waals surface area (Å²) >= 11 is 5.79. The number of halogens is 1. The monoisotopic (exact) mass is 316 g/mol. The summed E-state index contributed by atoms with van der Waals surface area (Å²) in [5.41, 5.74) is 5.34. The molecule has 0 aliphatic rings. The topological polar surface area (TPSA) is 50.7 Å². The summed E-state index contributed by atoms with van der Waals surface area (Å²) in [6.07, 6.45) is 1.55. The molecule has 0 atom stereocenters. The first-order valence-corrected chi connectivity index (χ1v) is 7.20. The Hall–Kier alpha value is -2.33. The fourth-order valence-corrected chi connectivity index (χ4v) is 1.89. The molecule has 4 nitrogen and oxygen atoms in total. The molecule has 0 aromatic heterocycles. The van der Waals surface area contributed by atoms with Gasteiger partial charge in [-0.1, -0.05) is 35.9 Å².